The Balaban J connectivity index is 2.66. The highest BCUT2D eigenvalue weighted by Gasteiger charge is 2.18. The van der Waals surface area contributed by atoms with Gasteiger partial charge in [0.15, 0.2) is 11.6 Å². The molecule has 1 rings (SSSR count). The Bertz CT molecular complexity index is 407. The fourth-order valence-electron chi connectivity index (χ4n) is 1.96. The Labute approximate surface area is 114 Å². The molecular formula is C15H24F2N2. The first-order chi connectivity index (χ1) is 8.84. The zero-order valence-electron chi connectivity index (χ0n) is 12.2. The van der Waals surface area contributed by atoms with Crippen LogP contribution in [0.5, 0.6) is 0 Å². The first kappa shape index (κ1) is 16.1. The SMILES string of the molecule is CC(C)C(N)CCN(C)C(C)c1cccc(F)c1F. The van der Waals surface area contributed by atoms with Crippen LogP contribution in [0.15, 0.2) is 18.2 Å². The van der Waals surface area contributed by atoms with Gasteiger partial charge in [-0.1, -0.05) is 26.0 Å². The monoisotopic (exact) mass is 270 g/mol. The lowest BCUT2D eigenvalue weighted by Crippen LogP contribution is -2.33. The van der Waals surface area contributed by atoms with Crippen LogP contribution in [0.25, 0.3) is 0 Å². The highest BCUT2D eigenvalue weighted by Crippen LogP contribution is 2.23. The second-order valence-electron chi connectivity index (χ2n) is 5.50. The summed E-state index contributed by atoms with van der Waals surface area (Å²) in [5.41, 5.74) is 6.39. The predicted octanol–water partition coefficient (Wildman–Crippen LogP) is 3.33. The van der Waals surface area contributed by atoms with Crippen molar-refractivity contribution in [2.75, 3.05) is 13.6 Å². The Morgan fingerprint density at radius 2 is 1.84 bits per heavy atom. The number of benzene rings is 1. The lowest BCUT2D eigenvalue weighted by atomic mass is 10.0. The van der Waals surface area contributed by atoms with Gasteiger partial charge >= 0.3 is 0 Å². The second-order valence-corrected chi connectivity index (χ2v) is 5.50. The standard InChI is InChI=1S/C15H24F2N2/c1-10(2)14(18)8-9-19(4)11(3)12-6-5-7-13(16)15(12)17/h5-7,10-11,14H,8-9,18H2,1-4H3. The summed E-state index contributed by atoms with van der Waals surface area (Å²) >= 11 is 0. The van der Waals surface area contributed by atoms with E-state index in [9.17, 15) is 8.78 Å². The van der Waals surface area contributed by atoms with Crippen molar-refractivity contribution in [2.24, 2.45) is 11.7 Å². The lowest BCUT2D eigenvalue weighted by molar-refractivity contribution is 0.237. The van der Waals surface area contributed by atoms with E-state index in [1.54, 1.807) is 6.07 Å². The van der Waals surface area contributed by atoms with Crippen molar-refractivity contribution in [2.45, 2.75) is 39.3 Å². The van der Waals surface area contributed by atoms with Crippen molar-refractivity contribution in [1.82, 2.24) is 4.90 Å². The molecule has 2 nitrogen and oxygen atoms in total. The molecule has 0 aliphatic rings. The molecule has 0 aliphatic carbocycles. The Morgan fingerprint density at radius 3 is 2.42 bits per heavy atom. The number of nitrogens with two attached hydrogens (primary N) is 1. The first-order valence-corrected chi connectivity index (χ1v) is 6.74. The Kier molecular flexibility index (Phi) is 5.88. The lowest BCUT2D eigenvalue weighted by Gasteiger charge is -2.27. The van der Waals surface area contributed by atoms with E-state index in [-0.39, 0.29) is 12.1 Å². The molecule has 108 valence electrons. The van der Waals surface area contributed by atoms with Crippen molar-refractivity contribution in [3.63, 3.8) is 0 Å². The van der Waals surface area contributed by atoms with Gasteiger partial charge in [-0.05, 0) is 38.9 Å². The topological polar surface area (TPSA) is 29.3 Å². The third kappa shape index (κ3) is 4.25. The van der Waals surface area contributed by atoms with Crippen LogP contribution in [-0.4, -0.2) is 24.5 Å². The molecule has 1 aromatic carbocycles. The van der Waals surface area contributed by atoms with Crippen molar-refractivity contribution < 1.29 is 8.78 Å². The van der Waals surface area contributed by atoms with Gasteiger partial charge in [-0.3, -0.25) is 4.90 Å². The van der Waals surface area contributed by atoms with E-state index in [2.05, 4.69) is 13.8 Å². The highest BCUT2D eigenvalue weighted by atomic mass is 19.2. The summed E-state index contributed by atoms with van der Waals surface area (Å²) in [5.74, 6) is -1.12. The molecular weight excluding hydrogens is 246 g/mol. The average molecular weight is 270 g/mol. The number of nitrogens with zero attached hydrogens (tertiary/aromatic N) is 1. The summed E-state index contributed by atoms with van der Waals surface area (Å²) in [4.78, 5) is 2.00. The van der Waals surface area contributed by atoms with Crippen molar-refractivity contribution in [1.29, 1.82) is 0 Å². The number of hydrogen-bond acceptors (Lipinski definition) is 2. The molecule has 2 atom stereocenters. The van der Waals surface area contributed by atoms with Crippen LogP contribution >= 0.6 is 0 Å². The van der Waals surface area contributed by atoms with Crippen LogP contribution < -0.4 is 5.73 Å². The molecule has 0 spiro atoms. The molecule has 0 radical (unpaired) electrons. The molecule has 0 amide bonds. The van der Waals surface area contributed by atoms with Crippen molar-refractivity contribution in [3.8, 4) is 0 Å². The quantitative estimate of drug-likeness (QED) is 0.859. The van der Waals surface area contributed by atoms with Crippen LogP contribution in [0.4, 0.5) is 8.78 Å². The van der Waals surface area contributed by atoms with E-state index in [0.29, 0.717) is 11.5 Å². The average Bonchev–Trinajstić information content (AvgIpc) is 2.37. The maximum absolute atomic E-state index is 13.7. The molecule has 0 heterocycles. The van der Waals surface area contributed by atoms with Crippen molar-refractivity contribution >= 4 is 0 Å². The number of halogens is 2. The summed E-state index contributed by atoms with van der Waals surface area (Å²) in [6.07, 6.45) is 0.843. The van der Waals surface area contributed by atoms with Crippen LogP contribution in [0.3, 0.4) is 0 Å². The minimum absolute atomic E-state index is 0.131. The molecule has 0 fully saturated rings. The van der Waals surface area contributed by atoms with Crippen LogP contribution in [0.2, 0.25) is 0 Å². The maximum atomic E-state index is 13.7. The van der Waals surface area contributed by atoms with Crippen molar-refractivity contribution in [3.05, 3.63) is 35.4 Å². The molecule has 19 heavy (non-hydrogen) atoms. The molecule has 4 heteroatoms. The molecule has 0 aromatic heterocycles. The van der Waals surface area contributed by atoms with Gasteiger partial charge in [-0.25, -0.2) is 8.78 Å². The normalized spacial score (nSPS) is 15.0. The van der Waals surface area contributed by atoms with E-state index in [0.717, 1.165) is 19.0 Å². The summed E-state index contributed by atoms with van der Waals surface area (Å²) in [6, 6.07) is 4.27. The molecule has 0 saturated heterocycles. The fourth-order valence-corrected chi connectivity index (χ4v) is 1.96. The molecule has 2 unspecified atom stereocenters. The third-order valence-electron chi connectivity index (χ3n) is 3.76. The van der Waals surface area contributed by atoms with E-state index >= 15 is 0 Å². The van der Waals surface area contributed by atoms with Gasteiger partial charge in [-0.2, -0.15) is 0 Å². The van der Waals surface area contributed by atoms with Crippen LogP contribution in [0.1, 0.15) is 38.8 Å². The Morgan fingerprint density at radius 1 is 1.21 bits per heavy atom. The van der Waals surface area contributed by atoms with E-state index in [1.807, 2.05) is 18.9 Å². The third-order valence-corrected chi connectivity index (χ3v) is 3.76. The van der Waals surface area contributed by atoms with Crippen LogP contribution in [-0.2, 0) is 0 Å². The summed E-state index contributed by atoms with van der Waals surface area (Å²) in [5, 5.41) is 0. The van der Waals surface area contributed by atoms with Gasteiger partial charge in [0.1, 0.15) is 0 Å². The van der Waals surface area contributed by atoms with Gasteiger partial charge in [0.2, 0.25) is 0 Å². The highest BCUT2D eigenvalue weighted by molar-refractivity contribution is 5.22. The fraction of sp³-hybridized carbons (Fsp3) is 0.600. The number of hydrogen-bond donors (Lipinski definition) is 1. The number of rotatable bonds is 6. The molecule has 1 aromatic rings. The molecule has 2 N–H and O–H groups in total. The van der Waals surface area contributed by atoms with E-state index in [1.165, 1.54) is 6.07 Å². The van der Waals surface area contributed by atoms with E-state index in [4.69, 9.17) is 5.73 Å². The van der Waals surface area contributed by atoms with Gasteiger partial charge in [-0.15, -0.1) is 0 Å². The largest absolute Gasteiger partial charge is 0.327 e. The zero-order chi connectivity index (χ0) is 14.6. The van der Waals surface area contributed by atoms with Gasteiger partial charge in [0.25, 0.3) is 0 Å². The molecule has 0 saturated carbocycles. The predicted molar refractivity (Wildman–Crippen MR) is 74.8 cm³/mol. The second kappa shape index (κ2) is 6.96. The van der Waals surface area contributed by atoms with E-state index < -0.39 is 11.6 Å². The molecule has 0 bridgehead atoms. The maximum Gasteiger partial charge on any atom is 0.163 e. The smallest absolute Gasteiger partial charge is 0.163 e. The zero-order valence-corrected chi connectivity index (χ0v) is 12.2. The van der Waals surface area contributed by atoms with Gasteiger partial charge in [0.05, 0.1) is 0 Å². The minimum atomic E-state index is -0.795. The Hall–Kier alpha value is -1.00. The summed E-state index contributed by atoms with van der Waals surface area (Å²) < 4.78 is 26.9. The first-order valence-electron chi connectivity index (χ1n) is 6.74. The summed E-state index contributed by atoms with van der Waals surface area (Å²) in [7, 11) is 1.90. The van der Waals surface area contributed by atoms with Gasteiger partial charge < -0.3 is 5.73 Å². The van der Waals surface area contributed by atoms with Crippen LogP contribution in [0, 0.1) is 17.6 Å². The van der Waals surface area contributed by atoms with Gasteiger partial charge in [0, 0.05) is 17.6 Å². The summed E-state index contributed by atoms with van der Waals surface area (Å²) in [6.45, 7) is 6.80. The molecule has 0 aliphatic heterocycles. The minimum Gasteiger partial charge on any atom is -0.327 e.